The smallest absolute Gasteiger partial charge is 0.303 e. The van der Waals surface area contributed by atoms with Crippen LogP contribution in [0, 0.1) is 17.2 Å². The Labute approximate surface area is 124 Å². The van der Waals surface area contributed by atoms with Crippen molar-refractivity contribution in [2.75, 3.05) is 20.2 Å². The normalized spacial score (nSPS) is 18.4. The van der Waals surface area contributed by atoms with Crippen LogP contribution in [0.25, 0.3) is 0 Å². The number of methoxy groups -OCH3 is 1. The fourth-order valence-corrected chi connectivity index (χ4v) is 2.80. The average Bonchev–Trinajstić information content (AvgIpc) is 2.92. The largest absolute Gasteiger partial charge is 0.495 e. The summed E-state index contributed by atoms with van der Waals surface area (Å²) >= 11 is 0. The van der Waals surface area contributed by atoms with E-state index in [1.807, 2.05) is 12.1 Å². The number of carbonyl (C=O) groups is 1. The Balaban J connectivity index is 1.91. The Morgan fingerprint density at radius 2 is 2.38 bits per heavy atom. The number of nitriles is 1. The zero-order valence-corrected chi connectivity index (χ0v) is 12.2. The monoisotopic (exact) mass is 288 g/mol. The number of hydrogen-bond donors (Lipinski definition) is 1. The van der Waals surface area contributed by atoms with E-state index < -0.39 is 5.97 Å². The fraction of sp³-hybridized carbons (Fsp3) is 0.500. The van der Waals surface area contributed by atoms with Gasteiger partial charge in [0.1, 0.15) is 11.8 Å². The van der Waals surface area contributed by atoms with Crippen LogP contribution in [-0.2, 0) is 11.3 Å². The van der Waals surface area contributed by atoms with Gasteiger partial charge in [-0.1, -0.05) is 6.07 Å². The van der Waals surface area contributed by atoms with Gasteiger partial charge in [0.05, 0.1) is 12.7 Å². The number of ether oxygens (including phenoxy) is 1. The molecule has 0 amide bonds. The maximum Gasteiger partial charge on any atom is 0.303 e. The van der Waals surface area contributed by atoms with Gasteiger partial charge in [-0.2, -0.15) is 5.26 Å². The van der Waals surface area contributed by atoms with Crippen molar-refractivity contribution in [2.45, 2.75) is 25.8 Å². The zero-order valence-electron chi connectivity index (χ0n) is 12.2. The minimum atomic E-state index is -0.717. The minimum Gasteiger partial charge on any atom is -0.495 e. The van der Waals surface area contributed by atoms with Crippen molar-refractivity contribution < 1.29 is 14.6 Å². The van der Waals surface area contributed by atoms with Crippen molar-refractivity contribution in [3.63, 3.8) is 0 Å². The maximum absolute atomic E-state index is 10.6. The van der Waals surface area contributed by atoms with E-state index in [1.54, 1.807) is 13.2 Å². The third kappa shape index (κ3) is 4.20. The predicted molar refractivity (Wildman–Crippen MR) is 78.0 cm³/mol. The van der Waals surface area contributed by atoms with Crippen LogP contribution in [0.2, 0.25) is 0 Å². The molecule has 1 fully saturated rings. The van der Waals surface area contributed by atoms with Crippen LogP contribution in [0.5, 0.6) is 5.75 Å². The molecule has 21 heavy (non-hydrogen) atoms. The molecule has 1 aliphatic heterocycles. The van der Waals surface area contributed by atoms with Crippen LogP contribution >= 0.6 is 0 Å². The van der Waals surface area contributed by atoms with E-state index in [2.05, 4.69) is 11.0 Å². The number of likely N-dealkylation sites (tertiary alicyclic amines) is 1. The molecule has 0 bridgehead atoms. The highest BCUT2D eigenvalue weighted by atomic mass is 16.5. The van der Waals surface area contributed by atoms with Crippen LogP contribution in [0.3, 0.4) is 0 Å². The summed E-state index contributed by atoms with van der Waals surface area (Å²) in [5.74, 6) is 0.364. The molecule has 1 aromatic rings. The molecule has 1 atom stereocenters. The van der Waals surface area contributed by atoms with Crippen LogP contribution in [0.4, 0.5) is 0 Å². The third-order valence-electron chi connectivity index (χ3n) is 3.93. The lowest BCUT2D eigenvalue weighted by atomic mass is 10.0. The summed E-state index contributed by atoms with van der Waals surface area (Å²) in [6.45, 7) is 2.74. The molecule has 1 saturated heterocycles. The summed E-state index contributed by atoms with van der Waals surface area (Å²) in [6.07, 6.45) is 2.06. The molecule has 1 heterocycles. The van der Waals surface area contributed by atoms with Gasteiger partial charge in [0, 0.05) is 19.5 Å². The second-order valence-corrected chi connectivity index (χ2v) is 5.47. The van der Waals surface area contributed by atoms with Gasteiger partial charge in [-0.05, 0) is 43.0 Å². The van der Waals surface area contributed by atoms with Crippen molar-refractivity contribution in [1.82, 2.24) is 4.90 Å². The highest BCUT2D eigenvalue weighted by Gasteiger charge is 2.23. The van der Waals surface area contributed by atoms with Crippen LogP contribution in [-0.4, -0.2) is 36.2 Å². The van der Waals surface area contributed by atoms with Gasteiger partial charge in [0.25, 0.3) is 0 Å². The zero-order chi connectivity index (χ0) is 15.2. The van der Waals surface area contributed by atoms with Crippen molar-refractivity contribution >= 4 is 5.97 Å². The van der Waals surface area contributed by atoms with Crippen molar-refractivity contribution in [3.8, 4) is 11.8 Å². The summed E-state index contributed by atoms with van der Waals surface area (Å²) in [6, 6.07) is 7.75. The van der Waals surface area contributed by atoms with E-state index in [-0.39, 0.29) is 6.42 Å². The molecule has 112 valence electrons. The molecule has 5 heteroatoms. The summed E-state index contributed by atoms with van der Waals surface area (Å²) < 4.78 is 5.22. The van der Waals surface area contributed by atoms with E-state index in [0.717, 1.165) is 38.0 Å². The first-order chi connectivity index (χ1) is 10.1. The van der Waals surface area contributed by atoms with Gasteiger partial charge in [-0.25, -0.2) is 0 Å². The lowest BCUT2D eigenvalue weighted by Gasteiger charge is -2.16. The SMILES string of the molecule is COc1cc(CN2CCC(CCC(=O)O)C2)ccc1C#N. The van der Waals surface area contributed by atoms with Crippen molar-refractivity contribution in [2.24, 2.45) is 5.92 Å². The molecule has 5 nitrogen and oxygen atoms in total. The number of benzene rings is 1. The molecule has 0 radical (unpaired) electrons. The van der Waals surface area contributed by atoms with E-state index in [0.29, 0.717) is 17.2 Å². The Morgan fingerprint density at radius 1 is 1.57 bits per heavy atom. The Hall–Kier alpha value is -2.06. The van der Waals surface area contributed by atoms with E-state index >= 15 is 0 Å². The average molecular weight is 288 g/mol. The molecule has 0 aromatic heterocycles. The van der Waals surface area contributed by atoms with Gasteiger partial charge in [-0.3, -0.25) is 9.69 Å². The van der Waals surface area contributed by atoms with Crippen molar-refractivity contribution in [3.05, 3.63) is 29.3 Å². The number of rotatable bonds is 6. The summed E-state index contributed by atoms with van der Waals surface area (Å²) in [5, 5.41) is 17.7. The molecular weight excluding hydrogens is 268 g/mol. The maximum atomic E-state index is 10.6. The Kier molecular flexibility index (Phi) is 5.18. The quantitative estimate of drug-likeness (QED) is 0.869. The van der Waals surface area contributed by atoms with Gasteiger partial charge in [0.15, 0.2) is 0 Å². The topological polar surface area (TPSA) is 73.6 Å². The molecule has 1 aliphatic rings. The number of hydrogen-bond acceptors (Lipinski definition) is 4. The molecule has 1 aromatic carbocycles. The summed E-state index contributed by atoms with van der Waals surface area (Å²) in [5.41, 5.74) is 1.66. The van der Waals surface area contributed by atoms with Crippen LogP contribution in [0.1, 0.15) is 30.4 Å². The molecule has 2 rings (SSSR count). The molecule has 0 aliphatic carbocycles. The second-order valence-electron chi connectivity index (χ2n) is 5.47. The van der Waals surface area contributed by atoms with Crippen LogP contribution in [0.15, 0.2) is 18.2 Å². The molecular formula is C16H20N2O3. The first kappa shape index (κ1) is 15.3. The molecule has 1 N–H and O–H groups in total. The first-order valence-electron chi connectivity index (χ1n) is 7.13. The summed E-state index contributed by atoms with van der Waals surface area (Å²) in [7, 11) is 1.57. The fourth-order valence-electron chi connectivity index (χ4n) is 2.80. The number of nitrogens with zero attached hydrogens (tertiary/aromatic N) is 2. The van der Waals surface area contributed by atoms with E-state index in [4.69, 9.17) is 15.1 Å². The van der Waals surface area contributed by atoms with Crippen molar-refractivity contribution in [1.29, 1.82) is 5.26 Å². The van der Waals surface area contributed by atoms with Gasteiger partial charge in [-0.15, -0.1) is 0 Å². The number of carboxylic acids is 1. The highest BCUT2D eigenvalue weighted by molar-refractivity contribution is 5.66. The number of aliphatic carboxylic acids is 1. The van der Waals surface area contributed by atoms with Gasteiger partial charge >= 0.3 is 5.97 Å². The summed E-state index contributed by atoms with van der Waals surface area (Å²) in [4.78, 5) is 12.9. The lowest BCUT2D eigenvalue weighted by molar-refractivity contribution is -0.137. The van der Waals surface area contributed by atoms with E-state index in [9.17, 15) is 4.79 Å². The van der Waals surface area contributed by atoms with Crippen LogP contribution < -0.4 is 4.74 Å². The molecule has 0 spiro atoms. The molecule has 0 saturated carbocycles. The van der Waals surface area contributed by atoms with Gasteiger partial charge < -0.3 is 9.84 Å². The minimum absolute atomic E-state index is 0.253. The Morgan fingerprint density at radius 3 is 3.05 bits per heavy atom. The Bertz CT molecular complexity index is 551. The predicted octanol–water partition coefficient (Wildman–Crippen LogP) is 2.25. The van der Waals surface area contributed by atoms with Gasteiger partial charge in [0.2, 0.25) is 0 Å². The lowest BCUT2D eigenvalue weighted by Crippen LogP contribution is -2.20. The highest BCUT2D eigenvalue weighted by Crippen LogP contribution is 2.25. The standard InChI is InChI=1S/C16H20N2O3/c1-21-15-8-13(2-4-14(15)9-17)11-18-7-6-12(10-18)3-5-16(19)20/h2,4,8,12H,3,5-7,10-11H2,1H3,(H,19,20). The third-order valence-corrected chi connectivity index (χ3v) is 3.93. The number of carboxylic acid groups (broad SMARTS) is 1. The second kappa shape index (κ2) is 7.09. The first-order valence-corrected chi connectivity index (χ1v) is 7.13. The van der Waals surface area contributed by atoms with E-state index in [1.165, 1.54) is 0 Å². The molecule has 1 unspecified atom stereocenters.